The molecule has 0 saturated heterocycles. The summed E-state index contributed by atoms with van der Waals surface area (Å²) in [7, 11) is 0. The van der Waals surface area contributed by atoms with E-state index in [1.807, 2.05) is 0 Å². The Morgan fingerprint density at radius 2 is 1.81 bits per heavy atom. The molecule has 1 aromatic heterocycles. The molecule has 0 spiro atoms. The van der Waals surface area contributed by atoms with Crippen molar-refractivity contribution in [3.63, 3.8) is 0 Å². The van der Waals surface area contributed by atoms with E-state index in [0.717, 1.165) is 30.8 Å². The van der Waals surface area contributed by atoms with Crippen LogP contribution in [0.1, 0.15) is 80.2 Å². The molecule has 37 heavy (non-hydrogen) atoms. The Morgan fingerprint density at radius 1 is 1.05 bits per heavy atom. The number of rotatable bonds is 9. The molecule has 198 valence electrons. The third-order valence-electron chi connectivity index (χ3n) is 6.64. The van der Waals surface area contributed by atoms with Crippen LogP contribution in [0.15, 0.2) is 60.7 Å². The Labute approximate surface area is 222 Å². The van der Waals surface area contributed by atoms with E-state index >= 15 is 0 Å². The molecule has 0 saturated carbocycles. The van der Waals surface area contributed by atoms with Crippen molar-refractivity contribution in [2.45, 2.75) is 78.4 Å². The number of pyridine rings is 1. The van der Waals surface area contributed by atoms with Crippen LogP contribution in [0, 0.1) is 6.92 Å². The molecule has 1 N–H and O–H groups in total. The van der Waals surface area contributed by atoms with Gasteiger partial charge in [-0.1, -0.05) is 69.3 Å². The molecular weight excluding hydrogens is 460 g/mol. The van der Waals surface area contributed by atoms with Gasteiger partial charge in [-0.2, -0.15) is 0 Å². The third kappa shape index (κ3) is 8.71. The summed E-state index contributed by atoms with van der Waals surface area (Å²) < 4.78 is 10.4. The maximum absolute atomic E-state index is 9.18. The number of hydrogen-bond donors (Lipinski definition) is 1. The average Bonchev–Trinajstić information content (AvgIpc) is 2.88. The number of aromatic nitrogens is 1. The van der Waals surface area contributed by atoms with E-state index in [4.69, 9.17) is 9.72 Å². The molecule has 1 unspecified atom stereocenters. The first-order valence-corrected chi connectivity index (χ1v) is 13.4. The van der Waals surface area contributed by atoms with Gasteiger partial charge >= 0.3 is 0 Å². The Kier molecular flexibility index (Phi) is 10.7. The molecule has 1 heterocycles. The number of fused-ring (bicyclic) bond motifs is 1. The zero-order valence-corrected chi connectivity index (χ0v) is 23.0. The summed E-state index contributed by atoms with van der Waals surface area (Å²) in [4.78, 5) is 13.9. The summed E-state index contributed by atoms with van der Waals surface area (Å²) in [6, 6.07) is 22.0. The zero-order valence-electron chi connectivity index (χ0n) is 23.0. The van der Waals surface area contributed by atoms with Gasteiger partial charge in [0, 0.05) is 17.4 Å². The fourth-order valence-corrected chi connectivity index (χ4v) is 4.54. The van der Waals surface area contributed by atoms with Gasteiger partial charge in [0.1, 0.15) is 12.4 Å². The van der Waals surface area contributed by atoms with Crippen molar-refractivity contribution in [3.8, 4) is 5.75 Å². The highest BCUT2D eigenvalue weighted by Gasteiger charge is 2.20. The van der Waals surface area contributed by atoms with Crippen LogP contribution in [0.4, 0.5) is 0 Å². The van der Waals surface area contributed by atoms with E-state index in [0.29, 0.717) is 25.7 Å². The molecule has 5 heteroatoms. The number of aryl methyl sites for hydroxylation is 2. The molecule has 1 aliphatic carbocycles. The molecule has 5 nitrogen and oxygen atoms in total. The average molecular weight is 503 g/mol. The molecule has 0 fully saturated rings. The predicted octanol–water partition coefficient (Wildman–Crippen LogP) is 6.66. The van der Waals surface area contributed by atoms with Crippen LogP contribution in [-0.4, -0.2) is 24.6 Å². The molecule has 0 bridgehead atoms. The smallest absolute Gasteiger partial charge is 0.293 e. The van der Waals surface area contributed by atoms with Gasteiger partial charge in [-0.15, -0.1) is 0 Å². The molecule has 3 aromatic rings. The van der Waals surface area contributed by atoms with Gasteiger partial charge in [0.15, 0.2) is 0 Å². The van der Waals surface area contributed by atoms with Crippen molar-refractivity contribution < 1.29 is 14.3 Å². The highest BCUT2D eigenvalue weighted by molar-refractivity contribution is 5.36. The van der Waals surface area contributed by atoms with Crippen LogP contribution in [0.25, 0.3) is 0 Å². The van der Waals surface area contributed by atoms with Crippen LogP contribution in [0.2, 0.25) is 0 Å². The second-order valence-corrected chi connectivity index (χ2v) is 10.5. The van der Waals surface area contributed by atoms with Gasteiger partial charge in [-0.05, 0) is 85.9 Å². The molecule has 4 rings (SSSR count). The van der Waals surface area contributed by atoms with E-state index in [2.05, 4.69) is 98.4 Å². The minimum atomic E-state index is 0.173. The van der Waals surface area contributed by atoms with Crippen LogP contribution in [0.3, 0.4) is 0 Å². The SMILES string of the molecule is CCOC=O.Cc1ccc2c(n1)CCCC2NCCc1ccccc1OCc1ccc(C(C)(C)C)cc1. The largest absolute Gasteiger partial charge is 0.489 e. The van der Waals surface area contributed by atoms with E-state index in [-0.39, 0.29) is 5.41 Å². The van der Waals surface area contributed by atoms with Crippen LogP contribution in [0.5, 0.6) is 5.75 Å². The fourth-order valence-electron chi connectivity index (χ4n) is 4.54. The van der Waals surface area contributed by atoms with E-state index < -0.39 is 0 Å². The lowest BCUT2D eigenvalue weighted by Gasteiger charge is -2.26. The summed E-state index contributed by atoms with van der Waals surface area (Å²) in [6.45, 7) is 13.0. The van der Waals surface area contributed by atoms with E-state index in [1.54, 1.807) is 6.92 Å². The predicted molar refractivity (Wildman–Crippen MR) is 150 cm³/mol. The Hall–Kier alpha value is -3.18. The number of benzene rings is 2. The lowest BCUT2D eigenvalue weighted by atomic mass is 9.87. The molecule has 1 atom stereocenters. The number of hydrogen-bond acceptors (Lipinski definition) is 5. The number of nitrogens with zero attached hydrogens (tertiary/aromatic N) is 1. The normalized spacial score (nSPS) is 14.7. The molecular formula is C32H42N2O3. The molecule has 0 aliphatic heterocycles. The van der Waals surface area contributed by atoms with Crippen LogP contribution in [-0.2, 0) is 34.4 Å². The summed E-state index contributed by atoms with van der Waals surface area (Å²) in [6.07, 6.45) is 4.43. The van der Waals surface area contributed by atoms with Crippen molar-refractivity contribution in [1.29, 1.82) is 0 Å². The van der Waals surface area contributed by atoms with Crippen molar-refractivity contribution in [1.82, 2.24) is 10.3 Å². The van der Waals surface area contributed by atoms with Crippen LogP contribution < -0.4 is 10.1 Å². The molecule has 0 amide bonds. The quantitative estimate of drug-likeness (QED) is 0.332. The highest BCUT2D eigenvalue weighted by Crippen LogP contribution is 2.29. The highest BCUT2D eigenvalue weighted by atomic mass is 16.5. The maximum atomic E-state index is 9.18. The number of nitrogens with one attached hydrogen (secondary N) is 1. The third-order valence-corrected chi connectivity index (χ3v) is 6.64. The van der Waals surface area contributed by atoms with Crippen molar-refractivity contribution in [3.05, 3.63) is 94.3 Å². The van der Waals surface area contributed by atoms with Gasteiger partial charge in [-0.3, -0.25) is 9.78 Å². The standard InChI is InChI=1S/C29H36N2O.C3H6O2/c1-21-12-17-25-26(9-7-10-27(25)31-21)30-19-18-23-8-5-6-11-28(23)32-20-22-13-15-24(16-14-22)29(2,3)4;1-2-5-3-4/h5-6,8,11-17,26,30H,7,9-10,18-20H2,1-4H3;3H,2H2,1H3. The Balaban J connectivity index is 0.000000695. The lowest BCUT2D eigenvalue weighted by molar-refractivity contribution is -0.128. The lowest BCUT2D eigenvalue weighted by Crippen LogP contribution is -2.27. The summed E-state index contributed by atoms with van der Waals surface area (Å²) >= 11 is 0. The molecule has 1 aliphatic rings. The van der Waals surface area contributed by atoms with Gasteiger partial charge < -0.3 is 14.8 Å². The van der Waals surface area contributed by atoms with Crippen molar-refractivity contribution in [2.24, 2.45) is 0 Å². The topological polar surface area (TPSA) is 60.5 Å². The summed E-state index contributed by atoms with van der Waals surface area (Å²) in [5.41, 5.74) is 7.75. The summed E-state index contributed by atoms with van der Waals surface area (Å²) in [5, 5.41) is 3.77. The first kappa shape index (κ1) is 28.4. The zero-order chi connectivity index (χ0) is 26.7. The first-order chi connectivity index (χ1) is 17.8. The Bertz CT molecular complexity index is 1120. The van der Waals surface area contributed by atoms with E-state index in [1.165, 1.54) is 40.8 Å². The number of para-hydroxylation sites is 1. The van der Waals surface area contributed by atoms with Gasteiger partial charge in [0.25, 0.3) is 6.47 Å². The molecule has 2 aromatic carbocycles. The monoisotopic (exact) mass is 502 g/mol. The number of carbonyl (C=O) groups is 1. The fraction of sp³-hybridized carbons (Fsp3) is 0.438. The van der Waals surface area contributed by atoms with E-state index in [9.17, 15) is 4.79 Å². The molecule has 0 radical (unpaired) electrons. The maximum Gasteiger partial charge on any atom is 0.293 e. The van der Waals surface area contributed by atoms with Crippen molar-refractivity contribution in [2.75, 3.05) is 13.2 Å². The minimum Gasteiger partial charge on any atom is -0.489 e. The van der Waals surface area contributed by atoms with Crippen LogP contribution >= 0.6 is 0 Å². The second kappa shape index (κ2) is 13.9. The first-order valence-electron chi connectivity index (χ1n) is 13.4. The van der Waals surface area contributed by atoms with Gasteiger partial charge in [0.05, 0.1) is 6.61 Å². The second-order valence-electron chi connectivity index (χ2n) is 10.5. The Morgan fingerprint density at radius 3 is 2.49 bits per heavy atom. The minimum absolute atomic E-state index is 0.173. The van der Waals surface area contributed by atoms with Gasteiger partial charge in [0.2, 0.25) is 0 Å². The van der Waals surface area contributed by atoms with Gasteiger partial charge in [-0.25, -0.2) is 0 Å². The number of ether oxygens (including phenoxy) is 2. The van der Waals surface area contributed by atoms with Crippen molar-refractivity contribution >= 4 is 6.47 Å². The number of carbonyl (C=O) groups excluding carboxylic acids is 1. The summed E-state index contributed by atoms with van der Waals surface area (Å²) in [5.74, 6) is 0.982.